The summed E-state index contributed by atoms with van der Waals surface area (Å²) in [6, 6.07) is 7.47. The fourth-order valence-corrected chi connectivity index (χ4v) is 2.73. The van der Waals surface area contributed by atoms with Gasteiger partial charge < -0.3 is 14.3 Å². The van der Waals surface area contributed by atoms with E-state index in [4.69, 9.17) is 9.15 Å². The van der Waals surface area contributed by atoms with Crippen LogP contribution in [0, 0.1) is 0 Å². The molecule has 0 bridgehead atoms. The SMILES string of the molecule is CSCc1nnc(SCC(O)COc2ccc(Br)cc2)o1. The van der Waals surface area contributed by atoms with E-state index in [0.717, 1.165) is 10.2 Å². The first-order valence-corrected chi connectivity index (χ1v) is 9.35. The van der Waals surface area contributed by atoms with Crippen LogP contribution in [0.5, 0.6) is 5.75 Å². The predicted molar refractivity (Wildman–Crippen MR) is 87.9 cm³/mol. The Hall–Kier alpha value is -0.700. The molecule has 1 unspecified atom stereocenters. The summed E-state index contributed by atoms with van der Waals surface area (Å²) in [6.45, 7) is 0.223. The Morgan fingerprint density at radius 2 is 2.10 bits per heavy atom. The molecular formula is C13H15BrN2O3S2. The lowest BCUT2D eigenvalue weighted by Gasteiger charge is -2.11. The van der Waals surface area contributed by atoms with E-state index in [2.05, 4.69) is 26.1 Å². The molecule has 1 heterocycles. The molecule has 1 N–H and O–H groups in total. The molecule has 0 spiro atoms. The molecule has 1 atom stereocenters. The highest BCUT2D eigenvalue weighted by atomic mass is 79.9. The van der Waals surface area contributed by atoms with Gasteiger partial charge in [0.1, 0.15) is 12.4 Å². The van der Waals surface area contributed by atoms with Crippen LogP contribution >= 0.6 is 39.5 Å². The van der Waals surface area contributed by atoms with Crippen LogP contribution in [0.3, 0.4) is 0 Å². The zero-order valence-electron chi connectivity index (χ0n) is 11.4. The van der Waals surface area contributed by atoms with Crippen molar-refractivity contribution in [1.82, 2.24) is 10.2 Å². The number of hydrogen-bond acceptors (Lipinski definition) is 7. The number of aliphatic hydroxyl groups excluding tert-OH is 1. The molecule has 1 aromatic carbocycles. The van der Waals surface area contributed by atoms with Crippen LogP contribution in [0.25, 0.3) is 0 Å². The van der Waals surface area contributed by atoms with Crippen molar-refractivity contribution in [1.29, 1.82) is 0 Å². The Morgan fingerprint density at radius 1 is 1.33 bits per heavy atom. The molecule has 114 valence electrons. The highest BCUT2D eigenvalue weighted by Gasteiger charge is 2.11. The summed E-state index contributed by atoms with van der Waals surface area (Å²) >= 11 is 6.30. The van der Waals surface area contributed by atoms with E-state index in [-0.39, 0.29) is 6.61 Å². The largest absolute Gasteiger partial charge is 0.491 e. The molecule has 8 heteroatoms. The van der Waals surface area contributed by atoms with Crippen molar-refractivity contribution in [2.75, 3.05) is 18.6 Å². The van der Waals surface area contributed by atoms with E-state index < -0.39 is 6.10 Å². The van der Waals surface area contributed by atoms with E-state index in [9.17, 15) is 5.11 Å². The van der Waals surface area contributed by atoms with E-state index in [0.29, 0.717) is 22.6 Å². The normalized spacial score (nSPS) is 12.3. The quantitative estimate of drug-likeness (QED) is 0.693. The number of aromatic nitrogens is 2. The van der Waals surface area contributed by atoms with Gasteiger partial charge in [-0.3, -0.25) is 0 Å². The maximum atomic E-state index is 9.89. The Morgan fingerprint density at radius 3 is 2.81 bits per heavy atom. The third-order valence-electron chi connectivity index (χ3n) is 2.37. The van der Waals surface area contributed by atoms with Gasteiger partial charge >= 0.3 is 0 Å². The first kappa shape index (κ1) is 16.7. The lowest BCUT2D eigenvalue weighted by Crippen LogP contribution is -2.20. The summed E-state index contributed by atoms with van der Waals surface area (Å²) in [6.07, 6.45) is 1.37. The van der Waals surface area contributed by atoms with Crippen molar-refractivity contribution in [2.24, 2.45) is 0 Å². The molecular weight excluding hydrogens is 376 g/mol. The second kappa shape index (κ2) is 8.67. The number of thioether (sulfide) groups is 2. The lowest BCUT2D eigenvalue weighted by atomic mass is 10.3. The number of nitrogens with zero attached hydrogens (tertiary/aromatic N) is 2. The number of aliphatic hydroxyl groups is 1. The monoisotopic (exact) mass is 390 g/mol. The van der Waals surface area contributed by atoms with Crippen LogP contribution in [0.1, 0.15) is 5.89 Å². The number of halogens is 1. The summed E-state index contributed by atoms with van der Waals surface area (Å²) in [5, 5.41) is 18.2. The molecule has 0 aliphatic heterocycles. The van der Waals surface area contributed by atoms with Gasteiger partial charge in [0, 0.05) is 10.2 Å². The highest BCUT2D eigenvalue weighted by molar-refractivity contribution is 9.10. The first-order chi connectivity index (χ1) is 10.2. The maximum absolute atomic E-state index is 9.89. The Kier molecular flexibility index (Phi) is 6.88. The fourth-order valence-electron chi connectivity index (χ4n) is 1.42. The molecule has 2 aromatic rings. The smallest absolute Gasteiger partial charge is 0.276 e. The van der Waals surface area contributed by atoms with Gasteiger partial charge in [-0.15, -0.1) is 10.2 Å². The van der Waals surface area contributed by atoms with Gasteiger partial charge in [-0.05, 0) is 30.5 Å². The minimum atomic E-state index is -0.602. The van der Waals surface area contributed by atoms with Gasteiger partial charge in [-0.25, -0.2) is 0 Å². The second-order valence-electron chi connectivity index (χ2n) is 4.12. The molecule has 0 aliphatic carbocycles. The predicted octanol–water partition coefficient (Wildman–Crippen LogP) is 3.23. The summed E-state index contributed by atoms with van der Waals surface area (Å²) in [5.41, 5.74) is 0. The van der Waals surface area contributed by atoms with E-state index in [1.165, 1.54) is 11.8 Å². The number of rotatable bonds is 8. The summed E-state index contributed by atoms with van der Waals surface area (Å²) in [7, 11) is 0. The second-order valence-corrected chi connectivity index (χ2v) is 6.88. The molecule has 0 aliphatic rings. The van der Waals surface area contributed by atoms with Crippen molar-refractivity contribution in [2.45, 2.75) is 17.1 Å². The fraction of sp³-hybridized carbons (Fsp3) is 0.385. The van der Waals surface area contributed by atoms with Crippen LogP contribution in [0.2, 0.25) is 0 Å². The topological polar surface area (TPSA) is 68.4 Å². The third-order valence-corrected chi connectivity index (χ3v) is 4.40. The Labute approximate surface area is 140 Å². The number of ether oxygens (including phenoxy) is 1. The summed E-state index contributed by atoms with van der Waals surface area (Å²) in [5.74, 6) is 2.47. The molecule has 2 rings (SSSR count). The molecule has 5 nitrogen and oxygen atoms in total. The number of hydrogen-bond donors (Lipinski definition) is 1. The van der Waals surface area contributed by atoms with Crippen molar-refractivity contribution in [3.05, 3.63) is 34.6 Å². The zero-order chi connectivity index (χ0) is 15.1. The van der Waals surface area contributed by atoms with Gasteiger partial charge in [-0.1, -0.05) is 27.7 Å². The minimum absolute atomic E-state index is 0.223. The van der Waals surface area contributed by atoms with Crippen LogP contribution in [0.4, 0.5) is 0 Å². The van der Waals surface area contributed by atoms with Crippen LogP contribution in [-0.2, 0) is 5.75 Å². The minimum Gasteiger partial charge on any atom is -0.491 e. The van der Waals surface area contributed by atoms with Crippen LogP contribution < -0.4 is 4.74 Å². The van der Waals surface area contributed by atoms with Crippen molar-refractivity contribution >= 4 is 39.5 Å². The Bertz CT molecular complexity index is 551. The van der Waals surface area contributed by atoms with Gasteiger partial charge in [0.15, 0.2) is 0 Å². The molecule has 1 aromatic heterocycles. The highest BCUT2D eigenvalue weighted by Crippen LogP contribution is 2.20. The third kappa shape index (κ3) is 5.90. The molecule has 21 heavy (non-hydrogen) atoms. The molecule has 0 amide bonds. The van der Waals surface area contributed by atoms with Gasteiger partial charge in [0.05, 0.1) is 11.9 Å². The maximum Gasteiger partial charge on any atom is 0.276 e. The van der Waals surface area contributed by atoms with E-state index in [1.54, 1.807) is 11.8 Å². The summed E-state index contributed by atoms with van der Waals surface area (Å²) < 4.78 is 11.9. The van der Waals surface area contributed by atoms with E-state index in [1.807, 2.05) is 30.5 Å². The van der Waals surface area contributed by atoms with Crippen molar-refractivity contribution in [3.63, 3.8) is 0 Å². The van der Waals surface area contributed by atoms with Crippen LogP contribution in [-0.4, -0.2) is 40.0 Å². The van der Waals surface area contributed by atoms with Gasteiger partial charge in [0.2, 0.25) is 5.89 Å². The zero-order valence-corrected chi connectivity index (χ0v) is 14.6. The molecule has 0 saturated carbocycles. The average molecular weight is 391 g/mol. The lowest BCUT2D eigenvalue weighted by molar-refractivity contribution is 0.126. The van der Waals surface area contributed by atoms with Gasteiger partial charge in [0.25, 0.3) is 5.22 Å². The van der Waals surface area contributed by atoms with Crippen molar-refractivity contribution < 1.29 is 14.3 Å². The van der Waals surface area contributed by atoms with Crippen LogP contribution in [0.15, 0.2) is 38.4 Å². The molecule has 0 saturated heterocycles. The standard InChI is InChI=1S/C13H15BrN2O3S2/c1-20-8-12-15-16-13(19-12)21-7-10(17)6-18-11-4-2-9(14)3-5-11/h2-5,10,17H,6-8H2,1H3. The first-order valence-electron chi connectivity index (χ1n) is 6.18. The Balaban J connectivity index is 1.71. The van der Waals surface area contributed by atoms with E-state index >= 15 is 0 Å². The summed E-state index contributed by atoms with van der Waals surface area (Å²) in [4.78, 5) is 0. The molecule has 0 radical (unpaired) electrons. The van der Waals surface area contributed by atoms with Gasteiger partial charge in [-0.2, -0.15) is 11.8 Å². The van der Waals surface area contributed by atoms with Crippen molar-refractivity contribution in [3.8, 4) is 5.75 Å². The number of benzene rings is 1. The molecule has 0 fully saturated rings. The average Bonchev–Trinajstić information content (AvgIpc) is 2.93.